The first-order valence-corrected chi connectivity index (χ1v) is 7.96. The van der Waals surface area contributed by atoms with E-state index in [1.54, 1.807) is 20.8 Å². The molecular weight excluding hydrogens is 300 g/mol. The van der Waals surface area contributed by atoms with Crippen LogP contribution in [0.3, 0.4) is 0 Å². The molecule has 0 aromatic rings. The van der Waals surface area contributed by atoms with Crippen LogP contribution in [0.5, 0.6) is 0 Å². The molecule has 0 aliphatic heterocycles. The van der Waals surface area contributed by atoms with Crippen LogP contribution >= 0.6 is 0 Å². The number of ether oxygens (including phenoxy) is 2. The van der Waals surface area contributed by atoms with Crippen molar-refractivity contribution in [1.82, 2.24) is 10.6 Å². The van der Waals surface area contributed by atoms with Crippen LogP contribution in [0, 0.1) is 10.8 Å². The van der Waals surface area contributed by atoms with Crippen LogP contribution in [0.25, 0.3) is 0 Å². The van der Waals surface area contributed by atoms with Gasteiger partial charge in [0.2, 0.25) is 5.91 Å². The number of amides is 2. The van der Waals surface area contributed by atoms with E-state index in [1.807, 2.05) is 0 Å². The maximum absolute atomic E-state index is 12.4. The van der Waals surface area contributed by atoms with Gasteiger partial charge in [0.05, 0.1) is 17.9 Å². The molecule has 0 saturated heterocycles. The average Bonchev–Trinajstić information content (AvgIpc) is 3.35. The molecule has 7 nitrogen and oxygen atoms in total. The molecule has 23 heavy (non-hydrogen) atoms. The molecule has 0 aromatic carbocycles. The molecule has 0 aromatic heterocycles. The summed E-state index contributed by atoms with van der Waals surface area (Å²) in [6.07, 6.45) is 2.40. The van der Waals surface area contributed by atoms with Crippen molar-refractivity contribution in [2.75, 3.05) is 20.2 Å². The van der Waals surface area contributed by atoms with Gasteiger partial charge in [-0.05, 0) is 46.5 Å². The molecule has 0 atom stereocenters. The van der Waals surface area contributed by atoms with E-state index in [0.717, 1.165) is 25.7 Å². The summed E-state index contributed by atoms with van der Waals surface area (Å²) in [5.41, 5.74) is -1.68. The maximum Gasteiger partial charge on any atom is 0.407 e. The third-order valence-electron chi connectivity index (χ3n) is 4.36. The summed E-state index contributed by atoms with van der Waals surface area (Å²) in [5.74, 6) is -0.390. The third-order valence-corrected chi connectivity index (χ3v) is 4.36. The summed E-state index contributed by atoms with van der Waals surface area (Å²) >= 11 is 0. The average molecular weight is 326 g/mol. The maximum atomic E-state index is 12.4. The van der Waals surface area contributed by atoms with Crippen LogP contribution < -0.4 is 10.6 Å². The van der Waals surface area contributed by atoms with Crippen molar-refractivity contribution in [3.63, 3.8) is 0 Å². The van der Waals surface area contributed by atoms with Gasteiger partial charge in [-0.2, -0.15) is 0 Å². The van der Waals surface area contributed by atoms with E-state index in [2.05, 4.69) is 10.6 Å². The van der Waals surface area contributed by atoms with Gasteiger partial charge < -0.3 is 20.1 Å². The minimum Gasteiger partial charge on any atom is -0.469 e. The fraction of sp³-hybridized carbons (Fsp3) is 0.812. The first kappa shape index (κ1) is 17.6. The Bertz CT molecular complexity index is 501. The zero-order valence-electron chi connectivity index (χ0n) is 14.3. The molecule has 2 aliphatic rings. The van der Waals surface area contributed by atoms with Crippen molar-refractivity contribution < 1.29 is 23.9 Å². The number of hydrogen-bond donors (Lipinski definition) is 2. The Morgan fingerprint density at radius 3 is 1.91 bits per heavy atom. The molecule has 2 amide bonds. The predicted molar refractivity (Wildman–Crippen MR) is 82.6 cm³/mol. The molecule has 2 saturated carbocycles. The second-order valence-electron chi connectivity index (χ2n) is 7.59. The lowest BCUT2D eigenvalue weighted by atomic mass is 10.0. The molecule has 2 fully saturated rings. The fourth-order valence-corrected chi connectivity index (χ4v) is 2.45. The van der Waals surface area contributed by atoms with Gasteiger partial charge in [0.15, 0.2) is 0 Å². The summed E-state index contributed by atoms with van der Waals surface area (Å²) in [6, 6.07) is 0. The molecular formula is C16H26N2O5. The second-order valence-corrected chi connectivity index (χ2v) is 7.59. The van der Waals surface area contributed by atoms with Crippen LogP contribution in [-0.2, 0) is 19.1 Å². The van der Waals surface area contributed by atoms with E-state index < -0.39 is 22.5 Å². The lowest BCUT2D eigenvalue weighted by molar-refractivity contribution is -0.147. The molecule has 0 heterocycles. The third kappa shape index (κ3) is 4.36. The SMILES string of the molecule is COC(=O)C1(CNC(=O)C2(CNC(=O)OC(C)(C)C)CC2)CC1. The number of rotatable bonds is 6. The smallest absolute Gasteiger partial charge is 0.407 e. The Labute approximate surface area is 136 Å². The molecule has 2 aliphatic carbocycles. The summed E-state index contributed by atoms with van der Waals surface area (Å²) in [5, 5.41) is 5.50. The number of nitrogens with one attached hydrogen (secondary N) is 2. The highest BCUT2D eigenvalue weighted by Crippen LogP contribution is 2.48. The van der Waals surface area contributed by atoms with E-state index in [0.29, 0.717) is 6.54 Å². The Hall–Kier alpha value is -1.79. The Morgan fingerprint density at radius 2 is 1.48 bits per heavy atom. The second kappa shape index (κ2) is 6.02. The summed E-state index contributed by atoms with van der Waals surface area (Å²) < 4.78 is 9.94. The van der Waals surface area contributed by atoms with Gasteiger partial charge in [0.1, 0.15) is 5.60 Å². The summed E-state index contributed by atoms with van der Waals surface area (Å²) in [4.78, 5) is 35.7. The highest BCUT2D eigenvalue weighted by Gasteiger charge is 2.54. The molecule has 0 bridgehead atoms. The Kier molecular flexibility index (Phi) is 4.59. The quantitative estimate of drug-likeness (QED) is 0.719. The monoisotopic (exact) mass is 326 g/mol. The number of hydrogen-bond acceptors (Lipinski definition) is 5. The van der Waals surface area contributed by atoms with Crippen molar-refractivity contribution >= 4 is 18.0 Å². The summed E-state index contributed by atoms with van der Waals surface area (Å²) in [7, 11) is 1.36. The largest absolute Gasteiger partial charge is 0.469 e. The molecule has 130 valence electrons. The van der Waals surface area contributed by atoms with Crippen LogP contribution in [0.1, 0.15) is 46.5 Å². The van der Waals surface area contributed by atoms with Gasteiger partial charge in [-0.3, -0.25) is 9.59 Å². The van der Waals surface area contributed by atoms with Crippen LogP contribution in [0.2, 0.25) is 0 Å². The lowest BCUT2D eigenvalue weighted by Crippen LogP contribution is -2.44. The van der Waals surface area contributed by atoms with Gasteiger partial charge in [0.25, 0.3) is 0 Å². The first-order valence-electron chi connectivity index (χ1n) is 7.96. The van der Waals surface area contributed by atoms with E-state index in [1.165, 1.54) is 7.11 Å². The summed E-state index contributed by atoms with van der Waals surface area (Å²) in [6.45, 7) is 5.90. The zero-order chi connectivity index (χ0) is 17.3. The molecule has 0 radical (unpaired) electrons. The topological polar surface area (TPSA) is 93.7 Å². The highest BCUT2D eigenvalue weighted by atomic mass is 16.6. The van der Waals surface area contributed by atoms with E-state index in [-0.39, 0.29) is 18.4 Å². The highest BCUT2D eigenvalue weighted by molar-refractivity contribution is 5.87. The number of alkyl carbamates (subject to hydrolysis) is 1. The molecule has 2 rings (SSSR count). The Balaban J connectivity index is 1.78. The lowest BCUT2D eigenvalue weighted by Gasteiger charge is -2.22. The minimum atomic E-state index is -0.568. The number of esters is 1. The van der Waals surface area contributed by atoms with Crippen LogP contribution in [-0.4, -0.2) is 43.8 Å². The van der Waals surface area contributed by atoms with Crippen LogP contribution in [0.15, 0.2) is 0 Å². The zero-order valence-corrected chi connectivity index (χ0v) is 14.3. The number of methoxy groups -OCH3 is 1. The van der Waals surface area contributed by atoms with Gasteiger partial charge in [0, 0.05) is 13.1 Å². The van der Waals surface area contributed by atoms with Crippen molar-refractivity contribution in [2.45, 2.75) is 52.1 Å². The Morgan fingerprint density at radius 1 is 0.957 bits per heavy atom. The van der Waals surface area contributed by atoms with E-state index >= 15 is 0 Å². The first-order chi connectivity index (χ1) is 10.6. The van der Waals surface area contributed by atoms with Crippen molar-refractivity contribution in [3.05, 3.63) is 0 Å². The van der Waals surface area contributed by atoms with Crippen molar-refractivity contribution in [3.8, 4) is 0 Å². The number of carbonyl (C=O) groups excluding carboxylic acids is 3. The normalized spacial score (nSPS) is 20.2. The van der Waals surface area contributed by atoms with Gasteiger partial charge in [-0.15, -0.1) is 0 Å². The van der Waals surface area contributed by atoms with Gasteiger partial charge in [-0.25, -0.2) is 4.79 Å². The standard InChI is InChI=1S/C16H26N2O5/c1-14(2,3)23-13(21)18-9-15(5-6-15)11(19)17-10-16(7-8-16)12(20)22-4/h5-10H2,1-4H3,(H,17,19)(H,18,21). The number of carbonyl (C=O) groups is 3. The van der Waals surface area contributed by atoms with Crippen LogP contribution in [0.4, 0.5) is 4.79 Å². The van der Waals surface area contributed by atoms with Crippen molar-refractivity contribution in [2.24, 2.45) is 10.8 Å². The van der Waals surface area contributed by atoms with Crippen molar-refractivity contribution in [1.29, 1.82) is 0 Å². The fourth-order valence-electron chi connectivity index (χ4n) is 2.45. The van der Waals surface area contributed by atoms with Gasteiger partial charge >= 0.3 is 12.1 Å². The molecule has 7 heteroatoms. The predicted octanol–water partition coefficient (Wildman–Crippen LogP) is 1.36. The minimum absolute atomic E-state index is 0.122. The van der Waals surface area contributed by atoms with E-state index in [9.17, 15) is 14.4 Å². The van der Waals surface area contributed by atoms with E-state index in [4.69, 9.17) is 9.47 Å². The molecule has 2 N–H and O–H groups in total. The molecule has 0 unspecified atom stereocenters. The molecule has 0 spiro atoms. The van der Waals surface area contributed by atoms with Gasteiger partial charge in [-0.1, -0.05) is 0 Å².